The number of amides is 1. The lowest BCUT2D eigenvalue weighted by atomic mass is 10.3. The predicted molar refractivity (Wildman–Crippen MR) is 97.2 cm³/mol. The molecule has 3 aromatic rings. The molecule has 7 nitrogen and oxygen atoms in total. The van der Waals surface area contributed by atoms with Crippen molar-refractivity contribution in [3.63, 3.8) is 0 Å². The van der Waals surface area contributed by atoms with E-state index in [-0.39, 0.29) is 11.2 Å². The second-order valence-corrected chi connectivity index (χ2v) is 6.93. The molecule has 1 N–H and O–H groups in total. The number of nitrogens with zero attached hydrogens (tertiary/aromatic N) is 4. The topological polar surface area (TPSA) is 81.4 Å². The van der Waals surface area contributed by atoms with E-state index in [1.165, 1.54) is 11.8 Å². The van der Waals surface area contributed by atoms with E-state index in [0.717, 1.165) is 17.1 Å². The number of benzene rings is 1. The van der Waals surface area contributed by atoms with E-state index in [9.17, 15) is 4.79 Å². The summed E-state index contributed by atoms with van der Waals surface area (Å²) in [5.74, 6) is 1.17. The Bertz CT molecular complexity index is 907. The van der Waals surface area contributed by atoms with Crippen LogP contribution in [0.4, 0.5) is 5.69 Å². The second kappa shape index (κ2) is 7.10. The second-order valence-electron chi connectivity index (χ2n) is 5.62. The highest BCUT2D eigenvalue weighted by molar-refractivity contribution is 8.00. The fraction of sp³-hybridized carbons (Fsp3) is 0.294. The maximum atomic E-state index is 12.4. The third-order valence-electron chi connectivity index (χ3n) is 3.61. The van der Waals surface area contributed by atoms with Gasteiger partial charge in [-0.25, -0.2) is 9.50 Å². The molecule has 1 unspecified atom stereocenters. The molecule has 0 saturated heterocycles. The Morgan fingerprint density at radius 3 is 2.64 bits per heavy atom. The Labute approximate surface area is 149 Å². The predicted octanol–water partition coefficient (Wildman–Crippen LogP) is 2.87. The molecule has 8 heteroatoms. The third kappa shape index (κ3) is 3.90. The molecular weight excluding hydrogens is 338 g/mol. The summed E-state index contributed by atoms with van der Waals surface area (Å²) in [6.07, 6.45) is 0. The minimum absolute atomic E-state index is 0.116. The summed E-state index contributed by atoms with van der Waals surface area (Å²) in [6, 6.07) is 9.14. The van der Waals surface area contributed by atoms with Crippen molar-refractivity contribution in [1.29, 1.82) is 0 Å². The lowest BCUT2D eigenvalue weighted by molar-refractivity contribution is -0.115. The molecule has 130 valence electrons. The number of ether oxygens (including phenoxy) is 1. The molecule has 0 spiro atoms. The molecule has 25 heavy (non-hydrogen) atoms. The van der Waals surface area contributed by atoms with Gasteiger partial charge < -0.3 is 10.1 Å². The fourth-order valence-electron chi connectivity index (χ4n) is 2.33. The average Bonchev–Trinajstić information content (AvgIpc) is 2.98. The van der Waals surface area contributed by atoms with Gasteiger partial charge in [-0.15, -0.1) is 5.10 Å². The number of methoxy groups -OCH3 is 1. The lowest BCUT2D eigenvalue weighted by Gasteiger charge is -2.10. The smallest absolute Gasteiger partial charge is 0.253 e. The van der Waals surface area contributed by atoms with Gasteiger partial charge in [0.2, 0.25) is 11.1 Å². The zero-order chi connectivity index (χ0) is 18.0. The first-order valence-corrected chi connectivity index (χ1v) is 8.67. The number of anilines is 1. The number of fused-ring (bicyclic) bond motifs is 1. The largest absolute Gasteiger partial charge is 0.497 e. The standard InChI is InChI=1S/C17H19N5O2S/c1-10-9-11(2)22-16(18-10)20-17(21-22)25-12(3)15(23)19-13-5-7-14(24-4)8-6-13/h5-9,12H,1-4H3,(H,19,23). The van der Waals surface area contributed by atoms with Crippen LogP contribution in [0.1, 0.15) is 18.3 Å². The van der Waals surface area contributed by atoms with Gasteiger partial charge in [-0.3, -0.25) is 4.79 Å². The van der Waals surface area contributed by atoms with Gasteiger partial charge in [0.05, 0.1) is 12.4 Å². The SMILES string of the molecule is COc1ccc(NC(=O)C(C)Sc2nc3nc(C)cc(C)n3n2)cc1. The van der Waals surface area contributed by atoms with Crippen LogP contribution in [0.15, 0.2) is 35.5 Å². The zero-order valence-electron chi connectivity index (χ0n) is 14.5. The maximum Gasteiger partial charge on any atom is 0.253 e. The number of carbonyl (C=O) groups is 1. The average molecular weight is 357 g/mol. The van der Waals surface area contributed by atoms with Crippen molar-refractivity contribution in [3.05, 3.63) is 41.7 Å². The monoisotopic (exact) mass is 357 g/mol. The molecule has 0 fully saturated rings. The minimum Gasteiger partial charge on any atom is -0.497 e. The number of aromatic nitrogens is 4. The van der Waals surface area contributed by atoms with Gasteiger partial charge in [-0.05, 0) is 51.1 Å². The van der Waals surface area contributed by atoms with Crippen LogP contribution in [0.2, 0.25) is 0 Å². The molecule has 0 bridgehead atoms. The number of hydrogen-bond donors (Lipinski definition) is 1. The van der Waals surface area contributed by atoms with Crippen molar-refractivity contribution in [3.8, 4) is 5.75 Å². The van der Waals surface area contributed by atoms with E-state index in [4.69, 9.17) is 4.74 Å². The Kier molecular flexibility index (Phi) is 4.89. The van der Waals surface area contributed by atoms with Crippen LogP contribution in [0.5, 0.6) is 5.75 Å². The fourth-order valence-corrected chi connectivity index (χ4v) is 3.07. The van der Waals surface area contributed by atoms with E-state index in [2.05, 4.69) is 20.4 Å². The molecule has 0 aliphatic rings. The van der Waals surface area contributed by atoms with E-state index >= 15 is 0 Å². The molecule has 1 atom stereocenters. The highest BCUT2D eigenvalue weighted by Crippen LogP contribution is 2.22. The summed E-state index contributed by atoms with van der Waals surface area (Å²) in [7, 11) is 1.60. The Morgan fingerprint density at radius 1 is 1.24 bits per heavy atom. The summed E-state index contributed by atoms with van der Waals surface area (Å²) in [5.41, 5.74) is 2.56. The van der Waals surface area contributed by atoms with Gasteiger partial charge >= 0.3 is 0 Å². The summed E-state index contributed by atoms with van der Waals surface area (Å²) in [6.45, 7) is 5.69. The molecule has 0 aliphatic heterocycles. The Morgan fingerprint density at radius 2 is 1.96 bits per heavy atom. The van der Waals surface area contributed by atoms with Gasteiger partial charge in [0.15, 0.2) is 0 Å². The first-order valence-electron chi connectivity index (χ1n) is 7.79. The van der Waals surface area contributed by atoms with Gasteiger partial charge in [0.1, 0.15) is 5.75 Å². The number of rotatable bonds is 5. The lowest BCUT2D eigenvalue weighted by Crippen LogP contribution is -2.22. The Balaban J connectivity index is 1.69. The number of hydrogen-bond acceptors (Lipinski definition) is 6. The van der Waals surface area contributed by atoms with Crippen molar-refractivity contribution in [1.82, 2.24) is 19.6 Å². The summed E-state index contributed by atoms with van der Waals surface area (Å²) >= 11 is 1.30. The molecule has 0 aliphatic carbocycles. The number of nitrogens with one attached hydrogen (secondary N) is 1. The van der Waals surface area contributed by atoms with Crippen LogP contribution < -0.4 is 10.1 Å². The summed E-state index contributed by atoms with van der Waals surface area (Å²) < 4.78 is 6.79. The van der Waals surface area contributed by atoms with Crippen LogP contribution in [0.3, 0.4) is 0 Å². The van der Waals surface area contributed by atoms with Crippen molar-refractivity contribution in [2.45, 2.75) is 31.2 Å². The highest BCUT2D eigenvalue weighted by Gasteiger charge is 2.18. The minimum atomic E-state index is -0.346. The van der Waals surface area contributed by atoms with Gasteiger partial charge in [0.25, 0.3) is 5.78 Å². The molecule has 2 heterocycles. The van der Waals surface area contributed by atoms with Crippen molar-refractivity contribution in [2.75, 3.05) is 12.4 Å². The molecule has 3 rings (SSSR count). The van der Waals surface area contributed by atoms with Crippen LogP contribution in [0, 0.1) is 13.8 Å². The van der Waals surface area contributed by atoms with E-state index in [1.807, 2.05) is 26.8 Å². The van der Waals surface area contributed by atoms with Crippen LogP contribution in [-0.2, 0) is 4.79 Å². The quantitative estimate of drug-likeness (QED) is 0.707. The number of aryl methyl sites for hydroxylation is 2. The zero-order valence-corrected chi connectivity index (χ0v) is 15.3. The van der Waals surface area contributed by atoms with Crippen molar-refractivity contribution in [2.24, 2.45) is 0 Å². The third-order valence-corrected chi connectivity index (χ3v) is 4.56. The van der Waals surface area contributed by atoms with Gasteiger partial charge in [-0.1, -0.05) is 11.8 Å². The van der Waals surface area contributed by atoms with Crippen LogP contribution >= 0.6 is 11.8 Å². The van der Waals surface area contributed by atoms with Crippen LogP contribution in [-0.4, -0.2) is 37.8 Å². The van der Waals surface area contributed by atoms with Crippen LogP contribution in [0.25, 0.3) is 5.78 Å². The normalized spacial score (nSPS) is 12.2. The van der Waals surface area contributed by atoms with Gasteiger partial charge in [-0.2, -0.15) is 4.98 Å². The molecule has 0 radical (unpaired) electrons. The molecule has 1 aromatic carbocycles. The van der Waals surface area contributed by atoms with E-state index in [0.29, 0.717) is 16.6 Å². The molecular formula is C17H19N5O2S. The van der Waals surface area contributed by atoms with Gasteiger partial charge in [0, 0.05) is 17.1 Å². The maximum absolute atomic E-state index is 12.4. The molecule has 0 saturated carbocycles. The number of carbonyl (C=O) groups excluding carboxylic acids is 1. The van der Waals surface area contributed by atoms with Crippen molar-refractivity contribution < 1.29 is 9.53 Å². The van der Waals surface area contributed by atoms with E-state index in [1.54, 1.807) is 35.9 Å². The Hall–Kier alpha value is -2.61. The van der Waals surface area contributed by atoms with Crippen molar-refractivity contribution >= 4 is 29.1 Å². The number of thioether (sulfide) groups is 1. The summed E-state index contributed by atoms with van der Waals surface area (Å²) in [5, 5.41) is 7.47. The summed E-state index contributed by atoms with van der Waals surface area (Å²) in [4.78, 5) is 21.1. The first-order chi connectivity index (χ1) is 12.0. The molecule has 2 aromatic heterocycles. The first kappa shape index (κ1) is 17.2. The molecule has 1 amide bonds. The highest BCUT2D eigenvalue weighted by atomic mass is 32.2. The van der Waals surface area contributed by atoms with E-state index < -0.39 is 0 Å².